The van der Waals surface area contributed by atoms with Crippen LogP contribution < -0.4 is 11.2 Å². The number of nitrogens with one attached hydrogen (secondary N) is 1. The van der Waals surface area contributed by atoms with E-state index in [4.69, 9.17) is 10.3 Å². The van der Waals surface area contributed by atoms with Gasteiger partial charge in [0.1, 0.15) is 0 Å². The fourth-order valence-electron chi connectivity index (χ4n) is 2.44. The summed E-state index contributed by atoms with van der Waals surface area (Å²) in [6.07, 6.45) is 1.54. The second-order valence-electron chi connectivity index (χ2n) is 7.23. The van der Waals surface area contributed by atoms with E-state index >= 15 is 0 Å². The van der Waals surface area contributed by atoms with Gasteiger partial charge in [0.2, 0.25) is 16.9 Å². The highest BCUT2D eigenvalue weighted by Crippen LogP contribution is 2.26. The van der Waals surface area contributed by atoms with Gasteiger partial charge in [-0.05, 0) is 42.2 Å². The van der Waals surface area contributed by atoms with Crippen molar-refractivity contribution in [3.8, 4) is 11.6 Å². The average Bonchev–Trinajstić information content (AvgIpc) is 3.25. The maximum atomic E-state index is 12.5. The van der Waals surface area contributed by atoms with Crippen LogP contribution in [0.25, 0.3) is 11.6 Å². The Hall–Kier alpha value is -2.74. The largest absolute Gasteiger partial charge is 0.461 e. The van der Waals surface area contributed by atoms with Gasteiger partial charge in [-0.3, -0.25) is 4.79 Å². The number of carbonyl (C=O) groups is 1. The normalized spacial score (nSPS) is 12.7. The van der Waals surface area contributed by atoms with Crippen LogP contribution >= 0.6 is 11.8 Å². The summed E-state index contributed by atoms with van der Waals surface area (Å²) in [5.74, 6) is 6.83. The molecule has 1 amide bonds. The lowest BCUT2D eigenvalue weighted by Gasteiger charge is -2.19. The number of amides is 1. The maximum absolute atomic E-state index is 12.5. The number of benzene rings is 1. The smallest absolute Gasteiger partial charge is 0.237 e. The standard InChI is InChI=1S/C19H23N5O2S/c1-12(17(25)21-14-9-7-13(8-10-14)19(2,3)4)27-18-23-22-16(24(18)20)15-6-5-11-26-15/h5-12H,20H2,1-4H3,(H,21,25). The zero-order valence-corrected chi connectivity index (χ0v) is 16.6. The molecule has 2 aromatic heterocycles. The summed E-state index contributed by atoms with van der Waals surface area (Å²) in [5, 5.41) is 11.0. The summed E-state index contributed by atoms with van der Waals surface area (Å²) < 4.78 is 6.61. The van der Waals surface area contributed by atoms with Gasteiger partial charge in [-0.15, -0.1) is 10.2 Å². The number of hydrogen-bond acceptors (Lipinski definition) is 6. The molecule has 0 fully saturated rings. The Morgan fingerprint density at radius 3 is 2.52 bits per heavy atom. The third-order valence-electron chi connectivity index (χ3n) is 4.08. The molecular weight excluding hydrogens is 362 g/mol. The quantitative estimate of drug-likeness (QED) is 0.513. The lowest BCUT2D eigenvalue weighted by Crippen LogP contribution is -2.23. The summed E-state index contributed by atoms with van der Waals surface area (Å²) in [6, 6.07) is 11.4. The molecule has 0 aliphatic carbocycles. The van der Waals surface area contributed by atoms with Gasteiger partial charge in [0.05, 0.1) is 11.5 Å². The van der Waals surface area contributed by atoms with E-state index in [2.05, 4.69) is 36.3 Å². The summed E-state index contributed by atoms with van der Waals surface area (Å²) in [4.78, 5) is 12.5. The Kier molecular flexibility index (Phi) is 5.27. The van der Waals surface area contributed by atoms with E-state index in [0.717, 1.165) is 5.69 Å². The Morgan fingerprint density at radius 2 is 1.93 bits per heavy atom. The number of rotatable bonds is 5. The van der Waals surface area contributed by atoms with Gasteiger partial charge in [-0.25, -0.2) is 4.68 Å². The van der Waals surface area contributed by atoms with Crippen molar-refractivity contribution < 1.29 is 9.21 Å². The first kappa shape index (κ1) is 19.0. The van der Waals surface area contributed by atoms with E-state index in [1.165, 1.54) is 28.3 Å². The first-order valence-electron chi connectivity index (χ1n) is 8.58. The highest BCUT2D eigenvalue weighted by Gasteiger charge is 2.21. The number of nitrogen functional groups attached to an aromatic ring is 1. The van der Waals surface area contributed by atoms with Gasteiger partial charge in [-0.1, -0.05) is 44.7 Å². The third kappa shape index (κ3) is 4.33. The van der Waals surface area contributed by atoms with E-state index in [1.54, 1.807) is 19.1 Å². The van der Waals surface area contributed by atoms with Crippen molar-refractivity contribution in [2.75, 3.05) is 11.2 Å². The van der Waals surface area contributed by atoms with Crippen LogP contribution in [0.5, 0.6) is 0 Å². The van der Waals surface area contributed by atoms with Crippen molar-refractivity contribution in [1.82, 2.24) is 14.9 Å². The van der Waals surface area contributed by atoms with Gasteiger partial charge in [0, 0.05) is 5.69 Å². The molecule has 7 nitrogen and oxygen atoms in total. The van der Waals surface area contributed by atoms with Gasteiger partial charge in [-0.2, -0.15) is 0 Å². The third-order valence-corrected chi connectivity index (χ3v) is 5.13. The molecule has 0 saturated carbocycles. The van der Waals surface area contributed by atoms with Crippen LogP contribution in [0.4, 0.5) is 5.69 Å². The first-order chi connectivity index (χ1) is 12.8. The molecule has 3 rings (SSSR count). The summed E-state index contributed by atoms with van der Waals surface area (Å²) >= 11 is 1.23. The zero-order valence-electron chi connectivity index (χ0n) is 15.8. The zero-order chi connectivity index (χ0) is 19.6. The molecule has 27 heavy (non-hydrogen) atoms. The van der Waals surface area contributed by atoms with Crippen LogP contribution in [0.3, 0.4) is 0 Å². The highest BCUT2D eigenvalue weighted by atomic mass is 32.2. The van der Waals surface area contributed by atoms with Gasteiger partial charge < -0.3 is 15.6 Å². The van der Waals surface area contributed by atoms with Crippen molar-refractivity contribution >= 4 is 23.4 Å². The molecule has 0 aliphatic rings. The Labute approximate surface area is 162 Å². The van der Waals surface area contributed by atoms with Crippen molar-refractivity contribution in [2.24, 2.45) is 0 Å². The van der Waals surface area contributed by atoms with E-state index in [-0.39, 0.29) is 11.3 Å². The Bertz CT molecular complexity index is 911. The fraction of sp³-hybridized carbons (Fsp3) is 0.316. The molecule has 3 N–H and O–H groups in total. The van der Waals surface area contributed by atoms with Crippen molar-refractivity contribution in [1.29, 1.82) is 0 Å². The minimum Gasteiger partial charge on any atom is -0.461 e. The SMILES string of the molecule is CC(Sc1nnc(-c2ccco2)n1N)C(=O)Nc1ccc(C(C)(C)C)cc1. The van der Waals surface area contributed by atoms with Crippen molar-refractivity contribution in [2.45, 2.75) is 43.5 Å². The predicted molar refractivity (Wildman–Crippen MR) is 107 cm³/mol. The van der Waals surface area contributed by atoms with E-state index in [9.17, 15) is 4.79 Å². The summed E-state index contributed by atoms with van der Waals surface area (Å²) in [7, 11) is 0. The number of nitrogens with two attached hydrogens (primary N) is 1. The van der Waals surface area contributed by atoms with Gasteiger partial charge in [0.25, 0.3) is 0 Å². The Morgan fingerprint density at radius 1 is 1.22 bits per heavy atom. The second kappa shape index (κ2) is 7.48. The van der Waals surface area contributed by atoms with Crippen LogP contribution in [0, 0.1) is 0 Å². The molecule has 0 bridgehead atoms. The molecule has 0 saturated heterocycles. The number of anilines is 1. The van der Waals surface area contributed by atoms with Crippen LogP contribution in [-0.4, -0.2) is 26.0 Å². The van der Waals surface area contributed by atoms with Crippen molar-refractivity contribution in [3.05, 3.63) is 48.2 Å². The van der Waals surface area contributed by atoms with Gasteiger partial charge >= 0.3 is 0 Å². The second-order valence-corrected chi connectivity index (χ2v) is 8.54. The van der Waals surface area contributed by atoms with Crippen LogP contribution in [0.2, 0.25) is 0 Å². The summed E-state index contributed by atoms with van der Waals surface area (Å²) in [5.41, 5.74) is 2.04. The number of carbonyl (C=O) groups excluding carboxylic acids is 1. The highest BCUT2D eigenvalue weighted by molar-refractivity contribution is 8.00. The molecule has 0 radical (unpaired) electrons. The molecule has 0 spiro atoms. The summed E-state index contributed by atoms with van der Waals surface area (Å²) in [6.45, 7) is 8.25. The minimum atomic E-state index is -0.400. The molecule has 142 valence electrons. The average molecular weight is 385 g/mol. The maximum Gasteiger partial charge on any atom is 0.237 e. The number of aromatic nitrogens is 3. The molecule has 0 aliphatic heterocycles. The minimum absolute atomic E-state index is 0.0720. The number of nitrogens with zero attached hydrogens (tertiary/aromatic N) is 3. The first-order valence-corrected chi connectivity index (χ1v) is 9.46. The van der Waals surface area contributed by atoms with E-state index < -0.39 is 5.25 Å². The van der Waals surface area contributed by atoms with Crippen LogP contribution in [0.1, 0.15) is 33.3 Å². The molecular formula is C19H23N5O2S. The van der Waals surface area contributed by atoms with Crippen LogP contribution in [0.15, 0.2) is 52.2 Å². The topological polar surface area (TPSA) is 99.0 Å². The van der Waals surface area contributed by atoms with E-state index in [1.807, 2.05) is 24.3 Å². The monoisotopic (exact) mass is 385 g/mol. The molecule has 8 heteroatoms. The Balaban J connectivity index is 1.64. The fourth-order valence-corrected chi connectivity index (χ4v) is 3.21. The molecule has 1 atom stereocenters. The van der Waals surface area contributed by atoms with E-state index in [0.29, 0.717) is 16.7 Å². The van der Waals surface area contributed by atoms with Gasteiger partial charge in [0.15, 0.2) is 5.76 Å². The van der Waals surface area contributed by atoms with Crippen LogP contribution in [-0.2, 0) is 10.2 Å². The molecule has 2 heterocycles. The predicted octanol–water partition coefficient (Wildman–Crippen LogP) is 3.67. The lowest BCUT2D eigenvalue weighted by atomic mass is 9.87. The number of furan rings is 1. The lowest BCUT2D eigenvalue weighted by molar-refractivity contribution is -0.115. The molecule has 3 aromatic rings. The number of hydrogen-bond donors (Lipinski definition) is 2. The molecule has 1 aromatic carbocycles. The molecule has 1 unspecified atom stereocenters. The van der Waals surface area contributed by atoms with Crippen molar-refractivity contribution in [3.63, 3.8) is 0 Å². The number of thioether (sulfide) groups is 1.